The molecule has 8 heteroatoms. The summed E-state index contributed by atoms with van der Waals surface area (Å²) in [6, 6.07) is 5.15. The molecule has 0 aromatic heterocycles. The zero-order chi connectivity index (χ0) is 19.7. The van der Waals surface area contributed by atoms with Gasteiger partial charge in [-0.2, -0.15) is 13.2 Å². The molecular weight excluding hydrogens is 359 g/mol. The average Bonchev–Trinajstić information content (AvgIpc) is 3.11. The lowest BCUT2D eigenvalue weighted by molar-refractivity contribution is -0.137. The number of alkyl halides is 3. The number of halogens is 3. The Morgan fingerprint density at radius 1 is 1.26 bits per heavy atom. The number of rotatable bonds is 8. The van der Waals surface area contributed by atoms with Crippen molar-refractivity contribution in [3.63, 3.8) is 0 Å². The van der Waals surface area contributed by atoms with Crippen molar-refractivity contribution in [3.05, 3.63) is 35.4 Å². The predicted molar refractivity (Wildman–Crippen MR) is 98.6 cm³/mol. The fraction of sp³-hybridized carbons (Fsp3) is 0.632. The van der Waals surface area contributed by atoms with Gasteiger partial charge >= 0.3 is 6.18 Å². The first kappa shape index (κ1) is 21.5. The molecule has 1 aromatic rings. The molecule has 1 heterocycles. The van der Waals surface area contributed by atoms with Crippen molar-refractivity contribution < 1.29 is 22.6 Å². The monoisotopic (exact) mass is 387 g/mol. The second-order valence-electron chi connectivity index (χ2n) is 6.53. The quantitative estimate of drug-likeness (QED) is 0.423. The van der Waals surface area contributed by atoms with E-state index in [0.29, 0.717) is 32.3 Å². The molecule has 1 fully saturated rings. The van der Waals surface area contributed by atoms with Gasteiger partial charge in [-0.15, -0.1) is 0 Å². The number of benzene rings is 1. The lowest BCUT2D eigenvalue weighted by Gasteiger charge is -2.21. The second kappa shape index (κ2) is 10.5. The third kappa shape index (κ3) is 7.03. The molecule has 1 aliphatic heterocycles. The van der Waals surface area contributed by atoms with Gasteiger partial charge in [-0.25, -0.2) is 4.99 Å². The lowest BCUT2D eigenvalue weighted by Crippen LogP contribution is -2.40. The van der Waals surface area contributed by atoms with E-state index < -0.39 is 11.7 Å². The number of methoxy groups -OCH3 is 1. The molecule has 0 saturated carbocycles. The number of aliphatic imine (C=N–C) groups is 1. The van der Waals surface area contributed by atoms with Crippen LogP contribution in [-0.4, -0.2) is 57.4 Å². The van der Waals surface area contributed by atoms with Crippen LogP contribution in [0.5, 0.6) is 0 Å². The van der Waals surface area contributed by atoms with E-state index in [1.807, 2.05) is 6.92 Å². The molecule has 1 unspecified atom stereocenters. The molecule has 2 rings (SSSR count). The van der Waals surface area contributed by atoms with Crippen LogP contribution in [0.25, 0.3) is 0 Å². The third-order valence-electron chi connectivity index (χ3n) is 4.40. The number of guanidine groups is 1. The Morgan fingerprint density at radius 3 is 2.63 bits per heavy atom. The van der Waals surface area contributed by atoms with Gasteiger partial charge in [0.05, 0.1) is 31.9 Å². The van der Waals surface area contributed by atoms with Crippen molar-refractivity contribution in [1.82, 2.24) is 10.2 Å². The molecule has 27 heavy (non-hydrogen) atoms. The van der Waals surface area contributed by atoms with Crippen LogP contribution in [0.1, 0.15) is 24.5 Å². The Bertz CT molecular complexity index is 591. The zero-order valence-electron chi connectivity index (χ0n) is 15.9. The van der Waals surface area contributed by atoms with Crippen molar-refractivity contribution in [2.45, 2.75) is 26.1 Å². The average molecular weight is 387 g/mol. The van der Waals surface area contributed by atoms with Crippen LogP contribution in [0.15, 0.2) is 29.3 Å². The van der Waals surface area contributed by atoms with Crippen LogP contribution in [0.3, 0.4) is 0 Å². The molecule has 0 spiro atoms. The minimum Gasteiger partial charge on any atom is -0.382 e. The summed E-state index contributed by atoms with van der Waals surface area (Å²) in [4.78, 5) is 6.77. The highest BCUT2D eigenvalue weighted by atomic mass is 19.4. The first-order chi connectivity index (χ1) is 12.9. The van der Waals surface area contributed by atoms with E-state index in [1.54, 1.807) is 7.11 Å². The van der Waals surface area contributed by atoms with Crippen LogP contribution in [0.4, 0.5) is 13.2 Å². The van der Waals surface area contributed by atoms with E-state index in [1.165, 1.54) is 12.1 Å². The van der Waals surface area contributed by atoms with Crippen LogP contribution >= 0.6 is 0 Å². The van der Waals surface area contributed by atoms with Gasteiger partial charge < -0.3 is 19.7 Å². The maximum atomic E-state index is 12.6. The highest BCUT2D eigenvalue weighted by Gasteiger charge is 2.30. The normalized spacial score (nSPS) is 18.2. The number of hydrogen-bond donors (Lipinski definition) is 1. The van der Waals surface area contributed by atoms with Crippen molar-refractivity contribution in [2.75, 3.05) is 46.6 Å². The number of ether oxygens (including phenoxy) is 2. The summed E-state index contributed by atoms with van der Waals surface area (Å²) in [5.41, 5.74) is 0.107. The molecule has 1 saturated heterocycles. The smallest absolute Gasteiger partial charge is 0.382 e. The summed E-state index contributed by atoms with van der Waals surface area (Å²) in [7, 11) is 1.65. The van der Waals surface area contributed by atoms with Gasteiger partial charge in [0.15, 0.2) is 5.96 Å². The first-order valence-corrected chi connectivity index (χ1v) is 9.20. The Hall–Kier alpha value is -1.80. The number of likely N-dealkylation sites (tertiary alicyclic amines) is 1. The Balaban J connectivity index is 1.90. The molecule has 1 atom stereocenters. The van der Waals surface area contributed by atoms with Crippen molar-refractivity contribution in [3.8, 4) is 0 Å². The zero-order valence-corrected chi connectivity index (χ0v) is 15.9. The summed E-state index contributed by atoms with van der Waals surface area (Å²) in [5, 5.41) is 3.26. The van der Waals surface area contributed by atoms with E-state index in [4.69, 9.17) is 9.47 Å². The van der Waals surface area contributed by atoms with Crippen molar-refractivity contribution in [2.24, 2.45) is 10.9 Å². The van der Waals surface area contributed by atoms with Gasteiger partial charge in [-0.1, -0.05) is 12.1 Å². The molecule has 1 aliphatic rings. The molecule has 5 nitrogen and oxygen atoms in total. The van der Waals surface area contributed by atoms with E-state index in [0.717, 1.165) is 49.7 Å². The van der Waals surface area contributed by atoms with E-state index >= 15 is 0 Å². The number of nitrogens with zero attached hydrogens (tertiary/aromatic N) is 2. The molecule has 0 amide bonds. The largest absolute Gasteiger partial charge is 0.416 e. The van der Waals surface area contributed by atoms with Gasteiger partial charge in [0.1, 0.15) is 0 Å². The van der Waals surface area contributed by atoms with Crippen LogP contribution in [0, 0.1) is 5.92 Å². The Morgan fingerprint density at radius 2 is 2.00 bits per heavy atom. The SMILES string of the molecule is CCNC(=NCc1ccc(C(F)(F)F)cc1)N1CCC(COCCOC)C1. The molecular formula is C19H28F3N3O2. The van der Waals surface area contributed by atoms with Crippen LogP contribution in [-0.2, 0) is 22.2 Å². The molecule has 1 N–H and O–H groups in total. The molecule has 0 radical (unpaired) electrons. The van der Waals surface area contributed by atoms with Crippen molar-refractivity contribution in [1.29, 1.82) is 0 Å². The number of hydrogen-bond acceptors (Lipinski definition) is 3. The van der Waals surface area contributed by atoms with Crippen LogP contribution < -0.4 is 5.32 Å². The molecule has 0 aliphatic carbocycles. The molecule has 152 valence electrons. The van der Waals surface area contributed by atoms with Gasteiger partial charge in [-0.3, -0.25) is 0 Å². The van der Waals surface area contributed by atoms with Gasteiger partial charge in [-0.05, 0) is 31.0 Å². The van der Waals surface area contributed by atoms with E-state index in [-0.39, 0.29) is 0 Å². The van der Waals surface area contributed by atoms with Crippen molar-refractivity contribution >= 4 is 5.96 Å². The predicted octanol–water partition coefficient (Wildman–Crippen LogP) is 3.16. The Labute approximate surface area is 158 Å². The highest BCUT2D eigenvalue weighted by Crippen LogP contribution is 2.29. The van der Waals surface area contributed by atoms with E-state index in [9.17, 15) is 13.2 Å². The highest BCUT2D eigenvalue weighted by molar-refractivity contribution is 5.80. The van der Waals surface area contributed by atoms with Crippen LogP contribution in [0.2, 0.25) is 0 Å². The van der Waals surface area contributed by atoms with Gasteiger partial charge in [0.2, 0.25) is 0 Å². The topological polar surface area (TPSA) is 46.1 Å². The minimum atomic E-state index is -4.31. The fourth-order valence-corrected chi connectivity index (χ4v) is 2.94. The standard InChI is InChI=1S/C19H28F3N3O2/c1-3-23-18(25-9-8-16(13-25)14-27-11-10-26-2)24-12-15-4-6-17(7-5-15)19(20,21)22/h4-7,16H,3,8-14H2,1-2H3,(H,23,24). The summed E-state index contributed by atoms with van der Waals surface area (Å²) < 4.78 is 48.5. The summed E-state index contributed by atoms with van der Waals surface area (Å²) >= 11 is 0. The van der Waals surface area contributed by atoms with E-state index in [2.05, 4.69) is 15.2 Å². The maximum absolute atomic E-state index is 12.6. The Kier molecular flexibility index (Phi) is 8.37. The fourth-order valence-electron chi connectivity index (χ4n) is 2.94. The summed E-state index contributed by atoms with van der Waals surface area (Å²) in [5.74, 6) is 1.23. The third-order valence-corrected chi connectivity index (χ3v) is 4.40. The first-order valence-electron chi connectivity index (χ1n) is 9.20. The molecule has 1 aromatic carbocycles. The maximum Gasteiger partial charge on any atom is 0.416 e. The lowest BCUT2D eigenvalue weighted by atomic mass is 10.1. The summed E-state index contributed by atoms with van der Waals surface area (Å²) in [6.07, 6.45) is -3.29. The van der Waals surface area contributed by atoms with Gasteiger partial charge in [0, 0.05) is 32.7 Å². The number of nitrogens with one attached hydrogen (secondary N) is 1. The van der Waals surface area contributed by atoms with Gasteiger partial charge in [0.25, 0.3) is 0 Å². The molecule has 0 bridgehead atoms. The minimum absolute atomic E-state index is 0.339. The summed E-state index contributed by atoms with van der Waals surface area (Å²) in [6.45, 7) is 6.68. The second-order valence-corrected chi connectivity index (χ2v) is 6.53.